The number of amides is 1. The number of carbonyl (C=O) groups is 1. The van der Waals surface area contributed by atoms with E-state index in [4.69, 9.17) is 11.6 Å². The Hall–Kier alpha value is -1.06. The van der Waals surface area contributed by atoms with Crippen molar-refractivity contribution in [2.24, 2.45) is 5.41 Å². The molecule has 20 heavy (non-hydrogen) atoms. The first-order chi connectivity index (χ1) is 9.49. The topological polar surface area (TPSA) is 41.1 Å². The lowest BCUT2D eigenvalue weighted by Gasteiger charge is -2.38. The molecule has 0 spiro atoms. The number of benzene rings is 1. The molecule has 1 atom stereocenters. The van der Waals surface area contributed by atoms with E-state index < -0.39 is 0 Å². The van der Waals surface area contributed by atoms with Crippen molar-refractivity contribution in [1.82, 2.24) is 10.6 Å². The largest absolute Gasteiger partial charge is 0.354 e. The SMILES string of the molecule is CC1(C)CCCNC1C(=O)NCCc1ccc(Cl)cc1. The van der Waals surface area contributed by atoms with E-state index in [0.717, 1.165) is 30.8 Å². The molecule has 1 saturated heterocycles. The van der Waals surface area contributed by atoms with Crippen LogP contribution in [-0.4, -0.2) is 25.0 Å². The highest BCUT2D eigenvalue weighted by molar-refractivity contribution is 6.30. The van der Waals surface area contributed by atoms with E-state index in [-0.39, 0.29) is 17.4 Å². The van der Waals surface area contributed by atoms with Crippen LogP contribution in [-0.2, 0) is 11.2 Å². The highest BCUT2D eigenvalue weighted by atomic mass is 35.5. The second-order valence-corrected chi connectivity index (χ2v) is 6.58. The second-order valence-electron chi connectivity index (χ2n) is 6.15. The van der Waals surface area contributed by atoms with Crippen LogP contribution in [0.4, 0.5) is 0 Å². The van der Waals surface area contributed by atoms with Gasteiger partial charge in [0.2, 0.25) is 5.91 Å². The van der Waals surface area contributed by atoms with E-state index in [1.807, 2.05) is 24.3 Å². The summed E-state index contributed by atoms with van der Waals surface area (Å²) in [5, 5.41) is 7.11. The summed E-state index contributed by atoms with van der Waals surface area (Å²) in [6.45, 7) is 5.90. The van der Waals surface area contributed by atoms with Gasteiger partial charge in [-0.05, 0) is 48.9 Å². The minimum Gasteiger partial charge on any atom is -0.354 e. The average Bonchev–Trinajstić information content (AvgIpc) is 2.40. The Bertz CT molecular complexity index is 456. The molecular weight excluding hydrogens is 272 g/mol. The fraction of sp³-hybridized carbons (Fsp3) is 0.562. The summed E-state index contributed by atoms with van der Waals surface area (Å²) in [7, 11) is 0. The Morgan fingerprint density at radius 3 is 2.75 bits per heavy atom. The Labute approximate surface area is 126 Å². The first kappa shape index (κ1) is 15.3. The summed E-state index contributed by atoms with van der Waals surface area (Å²) in [4.78, 5) is 12.3. The fourth-order valence-electron chi connectivity index (χ4n) is 2.74. The van der Waals surface area contributed by atoms with Crippen molar-refractivity contribution in [3.63, 3.8) is 0 Å². The zero-order chi connectivity index (χ0) is 14.6. The maximum absolute atomic E-state index is 12.3. The van der Waals surface area contributed by atoms with Crippen LogP contribution in [0.25, 0.3) is 0 Å². The van der Waals surface area contributed by atoms with Crippen molar-refractivity contribution in [2.75, 3.05) is 13.1 Å². The summed E-state index contributed by atoms with van der Waals surface area (Å²) >= 11 is 5.85. The second kappa shape index (κ2) is 6.59. The molecule has 2 N–H and O–H groups in total. The van der Waals surface area contributed by atoms with E-state index in [2.05, 4.69) is 24.5 Å². The van der Waals surface area contributed by atoms with Crippen molar-refractivity contribution < 1.29 is 4.79 Å². The van der Waals surface area contributed by atoms with Gasteiger partial charge in [-0.3, -0.25) is 4.79 Å². The van der Waals surface area contributed by atoms with E-state index in [0.29, 0.717) is 6.54 Å². The van der Waals surface area contributed by atoms with Crippen LogP contribution in [0.3, 0.4) is 0 Å². The Kier molecular flexibility index (Phi) is 5.06. The molecule has 0 bridgehead atoms. The maximum atomic E-state index is 12.3. The molecule has 1 unspecified atom stereocenters. The van der Waals surface area contributed by atoms with Crippen molar-refractivity contribution in [3.8, 4) is 0 Å². The van der Waals surface area contributed by atoms with Gasteiger partial charge in [0.05, 0.1) is 6.04 Å². The molecule has 1 aliphatic heterocycles. The molecule has 1 aliphatic rings. The number of carbonyl (C=O) groups excluding carboxylic acids is 1. The standard InChI is InChI=1S/C16H23ClN2O/c1-16(2)9-3-10-18-14(16)15(20)19-11-8-12-4-6-13(17)7-5-12/h4-7,14,18H,3,8-11H2,1-2H3,(H,19,20). The molecule has 1 fully saturated rings. The normalized spacial score (nSPS) is 21.4. The van der Waals surface area contributed by atoms with Gasteiger partial charge in [0.1, 0.15) is 0 Å². The monoisotopic (exact) mass is 294 g/mol. The molecule has 1 aromatic carbocycles. The third-order valence-electron chi connectivity index (χ3n) is 4.02. The molecule has 110 valence electrons. The van der Waals surface area contributed by atoms with Crippen LogP contribution in [0.15, 0.2) is 24.3 Å². The number of halogens is 1. The number of hydrogen-bond acceptors (Lipinski definition) is 2. The van der Waals surface area contributed by atoms with Gasteiger partial charge in [-0.1, -0.05) is 37.6 Å². The number of nitrogens with one attached hydrogen (secondary N) is 2. The molecule has 4 heteroatoms. The van der Waals surface area contributed by atoms with E-state index in [1.54, 1.807) is 0 Å². The quantitative estimate of drug-likeness (QED) is 0.896. The molecule has 0 aromatic heterocycles. The lowest BCUT2D eigenvalue weighted by atomic mass is 9.77. The van der Waals surface area contributed by atoms with E-state index >= 15 is 0 Å². The number of hydrogen-bond donors (Lipinski definition) is 2. The molecular formula is C16H23ClN2O. The lowest BCUT2D eigenvalue weighted by molar-refractivity contribution is -0.126. The summed E-state index contributed by atoms with van der Waals surface area (Å²) < 4.78 is 0. The average molecular weight is 295 g/mol. The van der Waals surface area contributed by atoms with Gasteiger partial charge in [-0.2, -0.15) is 0 Å². The molecule has 1 aromatic rings. The summed E-state index contributed by atoms with van der Waals surface area (Å²) in [5.74, 6) is 0.115. The Balaban J connectivity index is 1.81. The summed E-state index contributed by atoms with van der Waals surface area (Å²) in [6, 6.07) is 7.67. The molecule has 0 radical (unpaired) electrons. The Morgan fingerprint density at radius 2 is 2.10 bits per heavy atom. The predicted molar refractivity (Wildman–Crippen MR) is 83.0 cm³/mol. The summed E-state index contributed by atoms with van der Waals surface area (Å²) in [5.41, 5.74) is 1.22. The van der Waals surface area contributed by atoms with Gasteiger partial charge >= 0.3 is 0 Å². The summed E-state index contributed by atoms with van der Waals surface area (Å²) in [6.07, 6.45) is 3.06. The molecule has 1 heterocycles. The lowest BCUT2D eigenvalue weighted by Crippen LogP contribution is -2.55. The predicted octanol–water partition coefficient (Wildman–Crippen LogP) is 2.78. The van der Waals surface area contributed by atoms with E-state index in [1.165, 1.54) is 5.56 Å². The van der Waals surface area contributed by atoms with Crippen LogP contribution in [0.1, 0.15) is 32.3 Å². The highest BCUT2D eigenvalue weighted by Gasteiger charge is 2.36. The number of piperidine rings is 1. The third-order valence-corrected chi connectivity index (χ3v) is 4.27. The minimum absolute atomic E-state index is 0.0304. The van der Waals surface area contributed by atoms with Crippen LogP contribution in [0.2, 0.25) is 5.02 Å². The van der Waals surface area contributed by atoms with Crippen molar-refractivity contribution >= 4 is 17.5 Å². The first-order valence-electron chi connectivity index (χ1n) is 7.24. The molecule has 1 amide bonds. The smallest absolute Gasteiger partial charge is 0.237 e. The zero-order valence-electron chi connectivity index (χ0n) is 12.2. The van der Waals surface area contributed by atoms with Gasteiger partial charge < -0.3 is 10.6 Å². The van der Waals surface area contributed by atoms with Gasteiger partial charge in [0, 0.05) is 11.6 Å². The zero-order valence-corrected chi connectivity index (χ0v) is 13.0. The van der Waals surface area contributed by atoms with E-state index in [9.17, 15) is 4.79 Å². The van der Waals surface area contributed by atoms with Crippen LogP contribution >= 0.6 is 11.6 Å². The van der Waals surface area contributed by atoms with Crippen LogP contribution in [0, 0.1) is 5.41 Å². The molecule has 3 nitrogen and oxygen atoms in total. The van der Waals surface area contributed by atoms with Crippen LogP contribution in [0.5, 0.6) is 0 Å². The van der Waals surface area contributed by atoms with Crippen molar-refractivity contribution in [1.29, 1.82) is 0 Å². The minimum atomic E-state index is -0.0820. The highest BCUT2D eigenvalue weighted by Crippen LogP contribution is 2.30. The maximum Gasteiger partial charge on any atom is 0.237 e. The van der Waals surface area contributed by atoms with Gasteiger partial charge in [0.25, 0.3) is 0 Å². The molecule has 0 saturated carbocycles. The first-order valence-corrected chi connectivity index (χ1v) is 7.62. The van der Waals surface area contributed by atoms with Gasteiger partial charge in [-0.15, -0.1) is 0 Å². The van der Waals surface area contributed by atoms with Gasteiger partial charge in [-0.25, -0.2) is 0 Å². The fourth-order valence-corrected chi connectivity index (χ4v) is 2.87. The number of rotatable bonds is 4. The Morgan fingerprint density at radius 1 is 1.40 bits per heavy atom. The van der Waals surface area contributed by atoms with Crippen molar-refractivity contribution in [3.05, 3.63) is 34.9 Å². The van der Waals surface area contributed by atoms with Crippen molar-refractivity contribution in [2.45, 2.75) is 39.2 Å². The molecule has 2 rings (SSSR count). The van der Waals surface area contributed by atoms with Crippen LogP contribution < -0.4 is 10.6 Å². The third kappa shape index (κ3) is 3.97. The molecule has 0 aliphatic carbocycles. The van der Waals surface area contributed by atoms with Gasteiger partial charge in [0.15, 0.2) is 0 Å².